The topological polar surface area (TPSA) is 26.3 Å². The van der Waals surface area contributed by atoms with Crippen molar-refractivity contribution in [2.45, 2.75) is 59.0 Å². The van der Waals surface area contributed by atoms with Gasteiger partial charge >= 0.3 is 5.97 Å². The molecule has 96 valence electrons. The molecule has 2 rings (SSSR count). The molecule has 2 fully saturated rings. The Bertz CT molecular complexity index is 311. The fourth-order valence-corrected chi connectivity index (χ4v) is 3.11. The first-order valence-corrected chi connectivity index (χ1v) is 6.90. The lowest BCUT2D eigenvalue weighted by Gasteiger charge is -2.22. The first-order valence-electron chi connectivity index (χ1n) is 6.90. The summed E-state index contributed by atoms with van der Waals surface area (Å²) in [6.07, 6.45) is 10.2. The minimum atomic E-state index is 0.0324. The quantitative estimate of drug-likeness (QED) is 0.551. The van der Waals surface area contributed by atoms with Crippen LogP contribution in [0.4, 0.5) is 0 Å². The summed E-state index contributed by atoms with van der Waals surface area (Å²) in [5.41, 5.74) is 0.0955. The van der Waals surface area contributed by atoms with Gasteiger partial charge in [0, 0.05) is 0 Å². The van der Waals surface area contributed by atoms with Crippen LogP contribution in [0.3, 0.4) is 0 Å². The van der Waals surface area contributed by atoms with Gasteiger partial charge in [0.2, 0.25) is 0 Å². The van der Waals surface area contributed by atoms with Gasteiger partial charge in [-0.05, 0) is 43.9 Å². The van der Waals surface area contributed by atoms with E-state index in [2.05, 4.69) is 19.9 Å². The Morgan fingerprint density at radius 3 is 2.47 bits per heavy atom. The molecule has 2 aliphatic rings. The molecule has 2 unspecified atom stereocenters. The number of esters is 1. The first kappa shape index (κ1) is 12.7. The molecule has 0 aliphatic heterocycles. The molecule has 0 aromatic rings. The third-order valence-electron chi connectivity index (χ3n) is 4.40. The van der Waals surface area contributed by atoms with Crippen LogP contribution in [0.1, 0.15) is 52.9 Å². The number of allylic oxidation sites excluding steroid dienone is 2. The summed E-state index contributed by atoms with van der Waals surface area (Å²) in [4.78, 5) is 12.1. The van der Waals surface area contributed by atoms with Gasteiger partial charge in [-0.15, -0.1) is 0 Å². The largest absolute Gasteiger partial charge is 0.462 e. The molecule has 0 bridgehead atoms. The molecule has 0 aromatic heterocycles. The lowest BCUT2D eigenvalue weighted by Crippen LogP contribution is -2.23. The molecule has 17 heavy (non-hydrogen) atoms. The number of hydrogen-bond acceptors (Lipinski definition) is 2. The van der Waals surface area contributed by atoms with Crippen molar-refractivity contribution in [3.8, 4) is 0 Å². The van der Waals surface area contributed by atoms with Gasteiger partial charge in [-0.25, -0.2) is 0 Å². The molecule has 0 saturated heterocycles. The number of hydrogen-bond donors (Lipinski definition) is 0. The van der Waals surface area contributed by atoms with Crippen LogP contribution in [-0.4, -0.2) is 12.1 Å². The Morgan fingerprint density at radius 1 is 1.24 bits per heavy atom. The first-order chi connectivity index (χ1) is 8.07. The maximum atomic E-state index is 12.1. The van der Waals surface area contributed by atoms with E-state index in [1.165, 1.54) is 19.3 Å². The normalized spacial score (nSPS) is 32.6. The van der Waals surface area contributed by atoms with Gasteiger partial charge in [-0.2, -0.15) is 0 Å². The maximum absolute atomic E-state index is 12.1. The maximum Gasteiger partial charge on any atom is 0.310 e. The van der Waals surface area contributed by atoms with E-state index in [-0.39, 0.29) is 23.4 Å². The molecule has 2 nitrogen and oxygen atoms in total. The third kappa shape index (κ3) is 2.56. The van der Waals surface area contributed by atoms with Crippen LogP contribution in [0.5, 0.6) is 0 Å². The Kier molecular flexibility index (Phi) is 3.60. The highest BCUT2D eigenvalue weighted by Gasteiger charge is 2.61. The lowest BCUT2D eigenvalue weighted by atomic mass is 9.98. The summed E-state index contributed by atoms with van der Waals surface area (Å²) >= 11 is 0. The summed E-state index contributed by atoms with van der Waals surface area (Å²) in [6.45, 7) is 6.33. The zero-order chi connectivity index (χ0) is 12.5. The minimum absolute atomic E-state index is 0.0324. The van der Waals surface area contributed by atoms with E-state index in [0.717, 1.165) is 12.8 Å². The van der Waals surface area contributed by atoms with Crippen LogP contribution in [-0.2, 0) is 9.53 Å². The highest BCUT2D eigenvalue weighted by molar-refractivity contribution is 5.78. The van der Waals surface area contributed by atoms with E-state index in [4.69, 9.17) is 4.74 Å². The van der Waals surface area contributed by atoms with E-state index in [9.17, 15) is 4.79 Å². The molecule has 2 heteroatoms. The molecular weight excluding hydrogens is 212 g/mol. The minimum Gasteiger partial charge on any atom is -0.462 e. The monoisotopic (exact) mass is 236 g/mol. The number of ether oxygens (including phenoxy) is 1. The highest BCUT2D eigenvalue weighted by atomic mass is 16.5. The van der Waals surface area contributed by atoms with Crippen LogP contribution in [0, 0.1) is 17.3 Å². The van der Waals surface area contributed by atoms with Gasteiger partial charge in [0.15, 0.2) is 0 Å². The van der Waals surface area contributed by atoms with E-state index < -0.39 is 0 Å². The van der Waals surface area contributed by atoms with Gasteiger partial charge < -0.3 is 4.74 Å². The molecule has 2 atom stereocenters. The molecule has 2 aliphatic carbocycles. The predicted molar refractivity (Wildman–Crippen MR) is 68.5 cm³/mol. The fraction of sp³-hybridized carbons (Fsp3) is 0.800. The van der Waals surface area contributed by atoms with Gasteiger partial charge in [0.05, 0.1) is 5.92 Å². The van der Waals surface area contributed by atoms with Crippen molar-refractivity contribution in [1.82, 2.24) is 0 Å². The van der Waals surface area contributed by atoms with Crippen molar-refractivity contribution in [1.29, 1.82) is 0 Å². The van der Waals surface area contributed by atoms with Gasteiger partial charge in [-0.3, -0.25) is 4.79 Å². The van der Waals surface area contributed by atoms with Crippen molar-refractivity contribution in [3.63, 3.8) is 0 Å². The Hall–Kier alpha value is -0.790. The van der Waals surface area contributed by atoms with Crippen molar-refractivity contribution in [2.75, 3.05) is 0 Å². The molecule has 0 heterocycles. The summed E-state index contributed by atoms with van der Waals surface area (Å²) in [7, 11) is 0. The average Bonchev–Trinajstić information content (AvgIpc) is 2.82. The number of carbonyl (C=O) groups excluding carboxylic acids is 1. The predicted octanol–water partition coefficient (Wildman–Crippen LogP) is 3.71. The van der Waals surface area contributed by atoms with Crippen molar-refractivity contribution < 1.29 is 9.53 Å². The second-order valence-corrected chi connectivity index (χ2v) is 6.05. The van der Waals surface area contributed by atoms with Crippen LogP contribution >= 0.6 is 0 Å². The Labute approximate surface area is 104 Å². The zero-order valence-electron chi connectivity index (χ0n) is 11.2. The molecular formula is C15H24O2. The smallest absolute Gasteiger partial charge is 0.310 e. The van der Waals surface area contributed by atoms with E-state index in [1.54, 1.807) is 0 Å². The third-order valence-corrected chi connectivity index (χ3v) is 4.40. The van der Waals surface area contributed by atoms with Crippen molar-refractivity contribution in [3.05, 3.63) is 12.2 Å². The lowest BCUT2D eigenvalue weighted by molar-refractivity contribution is -0.153. The SMILES string of the molecule is C/C=C/C1C(C(=O)OC2CCCCC2)C1(C)C. The summed E-state index contributed by atoms with van der Waals surface area (Å²) in [6, 6.07) is 0. The molecule has 2 saturated carbocycles. The second-order valence-electron chi connectivity index (χ2n) is 6.05. The summed E-state index contributed by atoms with van der Waals surface area (Å²) < 4.78 is 5.65. The molecule has 0 amide bonds. The van der Waals surface area contributed by atoms with Gasteiger partial charge in [0.1, 0.15) is 6.10 Å². The Morgan fingerprint density at radius 2 is 1.88 bits per heavy atom. The second kappa shape index (κ2) is 4.83. The average molecular weight is 236 g/mol. The van der Waals surface area contributed by atoms with Gasteiger partial charge in [0.25, 0.3) is 0 Å². The van der Waals surface area contributed by atoms with E-state index in [0.29, 0.717) is 5.92 Å². The Balaban J connectivity index is 1.88. The highest BCUT2D eigenvalue weighted by Crippen LogP contribution is 2.59. The van der Waals surface area contributed by atoms with E-state index >= 15 is 0 Å². The van der Waals surface area contributed by atoms with Crippen LogP contribution < -0.4 is 0 Å². The molecule has 0 aromatic carbocycles. The molecule has 0 spiro atoms. The standard InChI is InChI=1S/C15H24O2/c1-4-8-12-13(15(12,2)3)14(16)17-11-9-6-5-7-10-11/h4,8,11-13H,5-7,9-10H2,1-3H3/b8-4+. The van der Waals surface area contributed by atoms with Crippen LogP contribution in [0.15, 0.2) is 12.2 Å². The van der Waals surface area contributed by atoms with Crippen LogP contribution in [0.2, 0.25) is 0 Å². The molecule has 0 radical (unpaired) electrons. The van der Waals surface area contributed by atoms with Crippen LogP contribution in [0.25, 0.3) is 0 Å². The van der Waals surface area contributed by atoms with Crippen molar-refractivity contribution >= 4 is 5.97 Å². The summed E-state index contributed by atoms with van der Waals surface area (Å²) in [5.74, 6) is 0.495. The van der Waals surface area contributed by atoms with E-state index in [1.807, 2.05) is 13.0 Å². The zero-order valence-corrected chi connectivity index (χ0v) is 11.2. The molecule has 0 N–H and O–H groups in total. The number of rotatable bonds is 3. The fourth-order valence-electron chi connectivity index (χ4n) is 3.11. The number of carbonyl (C=O) groups is 1. The van der Waals surface area contributed by atoms with Gasteiger partial charge in [-0.1, -0.05) is 32.4 Å². The van der Waals surface area contributed by atoms with Crippen molar-refractivity contribution in [2.24, 2.45) is 17.3 Å². The summed E-state index contributed by atoms with van der Waals surface area (Å²) in [5, 5.41) is 0.